The maximum absolute atomic E-state index is 11.7. The van der Waals surface area contributed by atoms with E-state index in [0.717, 1.165) is 38.8 Å². The van der Waals surface area contributed by atoms with Crippen molar-refractivity contribution < 1.29 is 19.4 Å². The molecule has 1 heterocycles. The third kappa shape index (κ3) is 3.96. The van der Waals surface area contributed by atoms with Crippen LogP contribution in [0.1, 0.15) is 51.0 Å². The van der Waals surface area contributed by atoms with Crippen LogP contribution in [0, 0.1) is 12.8 Å². The Labute approximate surface area is 207 Å². The van der Waals surface area contributed by atoms with E-state index in [-0.39, 0.29) is 12.0 Å². The van der Waals surface area contributed by atoms with E-state index < -0.39 is 5.97 Å². The van der Waals surface area contributed by atoms with Crippen molar-refractivity contribution in [3.05, 3.63) is 99.0 Å². The van der Waals surface area contributed by atoms with Gasteiger partial charge in [0.05, 0.1) is 23.2 Å². The molecule has 3 aromatic rings. The van der Waals surface area contributed by atoms with Crippen LogP contribution in [-0.2, 0) is 6.61 Å². The third-order valence-corrected chi connectivity index (χ3v) is 7.45. The van der Waals surface area contributed by atoms with Gasteiger partial charge >= 0.3 is 5.97 Å². The molecule has 0 unspecified atom stereocenters. The number of fused-ring (bicyclic) bond motifs is 3. The molecule has 5 rings (SSSR count). The Kier molecular flexibility index (Phi) is 6.09. The quantitative estimate of drug-likeness (QED) is 0.347. The lowest BCUT2D eigenvalue weighted by molar-refractivity contribution is 0.0696. The summed E-state index contributed by atoms with van der Waals surface area (Å²) >= 11 is 3.70. The van der Waals surface area contributed by atoms with Gasteiger partial charge in [0, 0.05) is 11.6 Å². The lowest BCUT2D eigenvalue weighted by Gasteiger charge is -2.39. The molecule has 1 aliphatic carbocycles. The Balaban J connectivity index is 1.50. The van der Waals surface area contributed by atoms with Crippen molar-refractivity contribution in [3.63, 3.8) is 0 Å². The number of carbonyl (C=O) groups is 1. The molecule has 0 radical (unpaired) electrons. The smallest absolute Gasteiger partial charge is 0.336 e. The number of benzene rings is 3. The van der Waals surface area contributed by atoms with Gasteiger partial charge in [-0.15, -0.1) is 0 Å². The zero-order valence-corrected chi connectivity index (χ0v) is 20.6. The summed E-state index contributed by atoms with van der Waals surface area (Å²) in [6, 6.07) is 17.8. The third-order valence-electron chi connectivity index (χ3n) is 6.86. The molecule has 34 heavy (non-hydrogen) atoms. The summed E-state index contributed by atoms with van der Waals surface area (Å²) in [6.07, 6.45) is 5.43. The number of methoxy groups -OCH3 is 1. The fourth-order valence-electron chi connectivity index (χ4n) is 5.17. The van der Waals surface area contributed by atoms with E-state index in [1.165, 1.54) is 0 Å². The van der Waals surface area contributed by atoms with Crippen LogP contribution in [0.4, 0.5) is 5.69 Å². The van der Waals surface area contributed by atoms with Gasteiger partial charge in [0.2, 0.25) is 0 Å². The van der Waals surface area contributed by atoms with E-state index in [1.807, 2.05) is 49.4 Å². The monoisotopic (exact) mass is 519 g/mol. The fourth-order valence-corrected chi connectivity index (χ4v) is 5.74. The van der Waals surface area contributed by atoms with Gasteiger partial charge in [0.15, 0.2) is 11.5 Å². The number of carboxylic acid groups (broad SMARTS) is 1. The minimum Gasteiger partial charge on any atom is -0.493 e. The highest BCUT2D eigenvalue weighted by molar-refractivity contribution is 9.10. The minimum atomic E-state index is -0.910. The molecule has 174 valence electrons. The summed E-state index contributed by atoms with van der Waals surface area (Å²) in [5.41, 5.74) is 5.32. The van der Waals surface area contributed by atoms with Crippen LogP contribution < -0.4 is 14.8 Å². The van der Waals surface area contributed by atoms with Gasteiger partial charge in [-0.3, -0.25) is 0 Å². The molecule has 0 fully saturated rings. The Morgan fingerprint density at radius 2 is 1.97 bits per heavy atom. The molecule has 6 heteroatoms. The fraction of sp³-hybridized carbons (Fsp3) is 0.250. The van der Waals surface area contributed by atoms with Gasteiger partial charge in [0.1, 0.15) is 6.61 Å². The predicted octanol–water partition coefficient (Wildman–Crippen LogP) is 6.87. The number of nitrogens with one attached hydrogen (secondary N) is 1. The standard InChI is InChI=1S/C28H26BrNO4/c1-16-19(28(31)32)11-12-22-20-9-6-10-21(20)26(30-25(16)22)18-13-23(29)27(24(14-18)33-2)34-15-17-7-4-3-5-8-17/h3-9,11-14,20-21,26,30H,10,15H2,1-2H3,(H,31,32)/t20-,21-,26+/m1/s1. The number of aromatic carboxylic acids is 1. The summed E-state index contributed by atoms with van der Waals surface area (Å²) in [7, 11) is 1.65. The Morgan fingerprint density at radius 1 is 1.18 bits per heavy atom. The molecule has 5 nitrogen and oxygen atoms in total. The first-order chi connectivity index (χ1) is 16.5. The van der Waals surface area contributed by atoms with Gasteiger partial charge in [0.25, 0.3) is 0 Å². The second-order valence-corrected chi connectivity index (χ2v) is 9.65. The van der Waals surface area contributed by atoms with Gasteiger partial charge < -0.3 is 19.9 Å². The number of carboxylic acids is 1. The van der Waals surface area contributed by atoms with E-state index in [0.29, 0.717) is 29.6 Å². The van der Waals surface area contributed by atoms with Crippen LogP contribution in [0.15, 0.2) is 71.2 Å². The van der Waals surface area contributed by atoms with Gasteiger partial charge in [-0.25, -0.2) is 4.79 Å². The molecule has 0 saturated heterocycles. The summed E-state index contributed by atoms with van der Waals surface area (Å²) in [6.45, 7) is 2.32. The molecule has 1 aliphatic heterocycles. The molecule has 0 bridgehead atoms. The van der Waals surface area contributed by atoms with Crippen molar-refractivity contribution >= 4 is 27.6 Å². The molecule has 3 aromatic carbocycles. The molecule has 2 aliphatic rings. The van der Waals surface area contributed by atoms with E-state index in [2.05, 4.69) is 39.5 Å². The summed E-state index contributed by atoms with van der Waals surface area (Å²) in [5.74, 6) is 0.979. The first-order valence-electron chi connectivity index (χ1n) is 11.3. The lowest BCUT2D eigenvalue weighted by atomic mass is 9.76. The minimum absolute atomic E-state index is 0.00335. The first-order valence-corrected chi connectivity index (χ1v) is 12.1. The lowest BCUT2D eigenvalue weighted by Crippen LogP contribution is -2.30. The summed E-state index contributed by atoms with van der Waals surface area (Å²) < 4.78 is 12.7. The number of ether oxygens (including phenoxy) is 2. The van der Waals surface area contributed by atoms with E-state index in [1.54, 1.807) is 13.2 Å². The summed E-state index contributed by atoms with van der Waals surface area (Å²) in [5, 5.41) is 13.3. The molecule has 2 N–H and O–H groups in total. The van der Waals surface area contributed by atoms with Gasteiger partial charge in [-0.2, -0.15) is 0 Å². The maximum atomic E-state index is 11.7. The molecule has 0 saturated carbocycles. The second-order valence-electron chi connectivity index (χ2n) is 8.79. The molecular formula is C28H26BrNO4. The van der Waals surface area contributed by atoms with Gasteiger partial charge in [-0.05, 0) is 75.6 Å². The molecule has 0 spiro atoms. The van der Waals surface area contributed by atoms with Crippen LogP contribution in [0.25, 0.3) is 0 Å². The highest BCUT2D eigenvalue weighted by atomic mass is 79.9. The summed E-state index contributed by atoms with van der Waals surface area (Å²) in [4.78, 5) is 11.7. The van der Waals surface area contributed by atoms with Crippen molar-refractivity contribution in [3.8, 4) is 11.5 Å². The van der Waals surface area contributed by atoms with Crippen LogP contribution in [0.5, 0.6) is 11.5 Å². The van der Waals surface area contributed by atoms with Crippen LogP contribution in [0.3, 0.4) is 0 Å². The molecule has 0 aromatic heterocycles. The Hall–Kier alpha value is -3.25. The van der Waals surface area contributed by atoms with Crippen LogP contribution >= 0.6 is 15.9 Å². The average molecular weight is 520 g/mol. The van der Waals surface area contributed by atoms with E-state index in [9.17, 15) is 9.90 Å². The maximum Gasteiger partial charge on any atom is 0.336 e. The van der Waals surface area contributed by atoms with Crippen LogP contribution in [-0.4, -0.2) is 18.2 Å². The number of halogens is 1. The zero-order chi connectivity index (χ0) is 23.8. The highest BCUT2D eigenvalue weighted by Gasteiger charge is 2.39. The Bertz CT molecular complexity index is 1270. The Morgan fingerprint density at radius 3 is 2.71 bits per heavy atom. The van der Waals surface area contributed by atoms with Gasteiger partial charge in [-0.1, -0.05) is 48.6 Å². The largest absolute Gasteiger partial charge is 0.493 e. The number of hydrogen-bond acceptors (Lipinski definition) is 4. The topological polar surface area (TPSA) is 67.8 Å². The van der Waals surface area contributed by atoms with Crippen molar-refractivity contribution in [1.29, 1.82) is 0 Å². The number of rotatable bonds is 6. The van der Waals surface area contributed by atoms with E-state index >= 15 is 0 Å². The number of hydrogen-bond donors (Lipinski definition) is 2. The van der Waals surface area contributed by atoms with Crippen molar-refractivity contribution in [2.24, 2.45) is 5.92 Å². The predicted molar refractivity (Wildman–Crippen MR) is 136 cm³/mol. The van der Waals surface area contributed by atoms with Crippen molar-refractivity contribution in [1.82, 2.24) is 0 Å². The van der Waals surface area contributed by atoms with Crippen molar-refractivity contribution in [2.75, 3.05) is 12.4 Å². The highest BCUT2D eigenvalue weighted by Crippen LogP contribution is 2.52. The normalized spacial score (nSPS) is 20.3. The molecular weight excluding hydrogens is 494 g/mol. The number of anilines is 1. The second kappa shape index (κ2) is 9.18. The SMILES string of the molecule is COc1cc([C@@H]2Nc3c(ccc(C(=O)O)c3C)[C@@H]3C=CC[C@H]32)cc(Br)c1OCc1ccccc1. The van der Waals surface area contributed by atoms with Crippen molar-refractivity contribution in [2.45, 2.75) is 31.9 Å². The van der Waals surface area contributed by atoms with E-state index in [4.69, 9.17) is 9.47 Å². The first kappa shape index (κ1) is 22.5. The number of allylic oxidation sites excluding steroid dienone is 2. The zero-order valence-electron chi connectivity index (χ0n) is 19.0. The molecule has 0 amide bonds. The molecule has 3 atom stereocenters. The average Bonchev–Trinajstić information content (AvgIpc) is 3.33. The van der Waals surface area contributed by atoms with Crippen LogP contribution in [0.2, 0.25) is 0 Å².